The predicted molar refractivity (Wildman–Crippen MR) is 142 cm³/mol. The lowest BCUT2D eigenvalue weighted by molar-refractivity contribution is -0.138. The molecule has 0 fully saturated rings. The molecule has 0 radical (unpaired) electrons. The van der Waals surface area contributed by atoms with Crippen molar-refractivity contribution in [3.8, 4) is 11.4 Å². The molecule has 1 unspecified atom stereocenters. The number of rotatable bonds is 9. The summed E-state index contributed by atoms with van der Waals surface area (Å²) in [4.78, 5) is 20.9. The number of halogens is 2. The monoisotopic (exact) mass is 543 g/mol. The summed E-state index contributed by atoms with van der Waals surface area (Å²) in [6, 6.07) is 14.8. The molecule has 1 heterocycles. The van der Waals surface area contributed by atoms with Gasteiger partial charge in [0.1, 0.15) is 6.04 Å². The molecule has 0 spiro atoms. The standard InChI is InChI=1S/C26H23Cl2N3O4S/c1-2-3-10-24(26(32)33)31(36(34,35)19-15-17(27)14-18(28)16-19)23-11-5-7-20-21(23)8-4-9-22(20)25-29-12-6-13-30-25/h4-9,11-16,24H,2-3,10H2,1H3,(H,32,33). The van der Waals surface area contributed by atoms with Crippen molar-refractivity contribution in [3.63, 3.8) is 0 Å². The van der Waals surface area contributed by atoms with Gasteiger partial charge in [-0.05, 0) is 42.1 Å². The summed E-state index contributed by atoms with van der Waals surface area (Å²) in [7, 11) is -4.39. The molecule has 0 saturated heterocycles. The van der Waals surface area contributed by atoms with Gasteiger partial charge in [-0.2, -0.15) is 0 Å². The van der Waals surface area contributed by atoms with Crippen LogP contribution in [0.3, 0.4) is 0 Å². The summed E-state index contributed by atoms with van der Waals surface area (Å²) in [5.74, 6) is -0.781. The molecule has 0 aliphatic heterocycles. The Hall–Kier alpha value is -3.20. The SMILES string of the molecule is CCCCC(C(=O)O)N(c1cccc2c(-c3ncccn3)cccc12)S(=O)(=O)c1cc(Cl)cc(Cl)c1. The van der Waals surface area contributed by atoms with Gasteiger partial charge in [0.2, 0.25) is 0 Å². The average Bonchev–Trinajstić information content (AvgIpc) is 2.85. The van der Waals surface area contributed by atoms with Gasteiger partial charge < -0.3 is 5.11 Å². The van der Waals surface area contributed by atoms with E-state index in [9.17, 15) is 18.3 Å². The van der Waals surface area contributed by atoms with Crippen LogP contribution < -0.4 is 4.31 Å². The van der Waals surface area contributed by atoms with E-state index in [1.54, 1.807) is 42.7 Å². The van der Waals surface area contributed by atoms with Crippen LogP contribution in [0.2, 0.25) is 10.0 Å². The summed E-state index contributed by atoms with van der Waals surface area (Å²) >= 11 is 12.2. The first kappa shape index (κ1) is 25.9. The number of anilines is 1. The van der Waals surface area contributed by atoms with Crippen LogP contribution in [-0.4, -0.2) is 35.5 Å². The second-order valence-electron chi connectivity index (χ2n) is 8.15. The second-order valence-corrected chi connectivity index (χ2v) is 10.8. The van der Waals surface area contributed by atoms with Crippen LogP contribution in [-0.2, 0) is 14.8 Å². The number of sulfonamides is 1. The average molecular weight is 544 g/mol. The Morgan fingerprint density at radius 3 is 2.25 bits per heavy atom. The second kappa shape index (κ2) is 10.8. The topological polar surface area (TPSA) is 100 Å². The van der Waals surface area contributed by atoms with E-state index in [-0.39, 0.29) is 27.0 Å². The number of hydrogen-bond acceptors (Lipinski definition) is 5. The van der Waals surface area contributed by atoms with Gasteiger partial charge in [-0.15, -0.1) is 0 Å². The van der Waals surface area contributed by atoms with E-state index in [0.717, 1.165) is 4.31 Å². The molecule has 10 heteroatoms. The molecule has 1 N–H and O–H groups in total. The van der Waals surface area contributed by atoms with Crippen LogP contribution in [0.25, 0.3) is 22.2 Å². The van der Waals surface area contributed by atoms with Crippen molar-refractivity contribution in [2.75, 3.05) is 4.31 Å². The Kier molecular flexibility index (Phi) is 7.78. The lowest BCUT2D eigenvalue weighted by atomic mass is 10.0. The van der Waals surface area contributed by atoms with Crippen molar-refractivity contribution < 1.29 is 18.3 Å². The van der Waals surface area contributed by atoms with E-state index in [2.05, 4.69) is 9.97 Å². The lowest BCUT2D eigenvalue weighted by Crippen LogP contribution is -2.45. The molecule has 0 bridgehead atoms. The maximum Gasteiger partial charge on any atom is 0.327 e. The quantitative estimate of drug-likeness (QED) is 0.260. The molecular weight excluding hydrogens is 521 g/mol. The van der Waals surface area contributed by atoms with Gasteiger partial charge in [-0.3, -0.25) is 4.31 Å². The summed E-state index contributed by atoms with van der Waals surface area (Å²) in [6.45, 7) is 1.92. The highest BCUT2D eigenvalue weighted by Gasteiger charge is 2.37. The largest absolute Gasteiger partial charge is 0.480 e. The molecule has 0 aliphatic carbocycles. The maximum absolute atomic E-state index is 14.1. The summed E-state index contributed by atoms with van der Waals surface area (Å²) in [6.07, 6.45) is 4.59. The molecule has 1 atom stereocenters. The molecule has 7 nitrogen and oxygen atoms in total. The van der Waals surface area contributed by atoms with Crippen molar-refractivity contribution in [2.24, 2.45) is 0 Å². The number of carboxylic acids is 1. The molecule has 186 valence electrons. The van der Waals surface area contributed by atoms with E-state index in [1.807, 2.05) is 19.1 Å². The van der Waals surface area contributed by atoms with Gasteiger partial charge in [0.05, 0.1) is 10.6 Å². The molecule has 3 aromatic carbocycles. The normalized spacial score (nSPS) is 12.4. The minimum absolute atomic E-state index is 0.122. The van der Waals surface area contributed by atoms with Crippen LogP contribution in [0.5, 0.6) is 0 Å². The molecule has 4 rings (SSSR count). The zero-order chi connectivity index (χ0) is 25.9. The summed E-state index contributed by atoms with van der Waals surface area (Å²) in [5, 5.41) is 11.7. The third-order valence-electron chi connectivity index (χ3n) is 5.74. The molecule has 0 amide bonds. The van der Waals surface area contributed by atoms with Gasteiger partial charge in [-0.25, -0.2) is 23.2 Å². The van der Waals surface area contributed by atoms with E-state index in [1.165, 1.54) is 18.2 Å². The van der Waals surface area contributed by atoms with Gasteiger partial charge in [-0.1, -0.05) is 73.3 Å². The number of carboxylic acid groups (broad SMARTS) is 1. The smallest absolute Gasteiger partial charge is 0.327 e. The van der Waals surface area contributed by atoms with Gasteiger partial charge >= 0.3 is 5.97 Å². The maximum atomic E-state index is 14.1. The van der Waals surface area contributed by atoms with Gasteiger partial charge in [0, 0.05) is 33.4 Å². The first-order valence-electron chi connectivity index (χ1n) is 11.3. The first-order chi connectivity index (χ1) is 17.2. The Morgan fingerprint density at radius 2 is 1.61 bits per heavy atom. The fraction of sp³-hybridized carbons (Fsp3) is 0.192. The van der Waals surface area contributed by atoms with Crippen molar-refractivity contribution in [1.82, 2.24) is 9.97 Å². The Bertz CT molecular complexity index is 1490. The number of aliphatic carboxylic acids is 1. The number of fused-ring (bicyclic) bond motifs is 1. The highest BCUT2D eigenvalue weighted by Crippen LogP contribution is 2.38. The van der Waals surface area contributed by atoms with Gasteiger partial charge in [0.25, 0.3) is 10.0 Å². The summed E-state index contributed by atoms with van der Waals surface area (Å²) < 4.78 is 29.1. The Morgan fingerprint density at radius 1 is 0.972 bits per heavy atom. The molecule has 0 aliphatic rings. The first-order valence-corrected chi connectivity index (χ1v) is 13.5. The zero-order valence-corrected chi connectivity index (χ0v) is 21.6. The van der Waals surface area contributed by atoms with Crippen molar-refractivity contribution >= 4 is 55.7 Å². The number of hydrogen-bond donors (Lipinski definition) is 1. The van der Waals surface area contributed by atoms with E-state index in [0.29, 0.717) is 35.0 Å². The van der Waals surface area contributed by atoms with Gasteiger partial charge in [0.15, 0.2) is 5.82 Å². The number of benzene rings is 3. The number of unbranched alkanes of at least 4 members (excludes halogenated alkanes) is 1. The van der Waals surface area contributed by atoms with Crippen LogP contribution in [0.4, 0.5) is 5.69 Å². The number of carbonyl (C=O) groups is 1. The van der Waals surface area contributed by atoms with Crippen LogP contribution in [0.1, 0.15) is 26.2 Å². The minimum atomic E-state index is -4.39. The Labute approximate surface area is 219 Å². The van der Waals surface area contributed by atoms with E-state index >= 15 is 0 Å². The highest BCUT2D eigenvalue weighted by atomic mass is 35.5. The summed E-state index contributed by atoms with van der Waals surface area (Å²) in [5.41, 5.74) is 0.920. The molecule has 36 heavy (non-hydrogen) atoms. The molecule has 1 aromatic heterocycles. The van der Waals surface area contributed by atoms with Crippen molar-refractivity contribution in [1.29, 1.82) is 0 Å². The van der Waals surface area contributed by atoms with E-state index in [4.69, 9.17) is 23.2 Å². The zero-order valence-electron chi connectivity index (χ0n) is 19.3. The van der Waals surface area contributed by atoms with E-state index < -0.39 is 22.0 Å². The molecular formula is C26H23Cl2N3O4S. The highest BCUT2D eigenvalue weighted by molar-refractivity contribution is 7.93. The van der Waals surface area contributed by atoms with Crippen LogP contribution in [0.15, 0.2) is 78.0 Å². The fourth-order valence-corrected chi connectivity index (χ4v) is 6.50. The predicted octanol–water partition coefficient (Wildman–Crippen LogP) is 6.44. The molecule has 4 aromatic rings. The Balaban J connectivity index is 2.01. The number of nitrogens with zero attached hydrogens (tertiary/aromatic N) is 3. The lowest BCUT2D eigenvalue weighted by Gasteiger charge is -2.31. The van der Waals surface area contributed by atoms with Crippen molar-refractivity contribution in [2.45, 2.75) is 37.1 Å². The molecule has 0 saturated carbocycles. The third-order valence-corrected chi connectivity index (χ3v) is 7.97. The van der Waals surface area contributed by atoms with Crippen LogP contribution >= 0.6 is 23.2 Å². The minimum Gasteiger partial charge on any atom is -0.480 e. The number of aromatic nitrogens is 2. The van der Waals surface area contributed by atoms with Crippen LogP contribution in [0, 0.1) is 0 Å². The van der Waals surface area contributed by atoms with Crippen molar-refractivity contribution in [3.05, 3.63) is 83.1 Å². The fourth-order valence-electron chi connectivity index (χ4n) is 4.11. The third kappa shape index (κ3) is 5.16.